The molecule has 274 valence electrons. The fourth-order valence-corrected chi connectivity index (χ4v) is 7.02. The molecular formula is C39H42FN3O8S. The van der Waals surface area contributed by atoms with Crippen molar-refractivity contribution in [2.75, 3.05) is 32.2 Å². The zero-order chi connectivity index (χ0) is 37.0. The molecule has 4 aromatic rings. The van der Waals surface area contributed by atoms with Gasteiger partial charge in [0.2, 0.25) is 5.91 Å². The van der Waals surface area contributed by atoms with E-state index in [-0.39, 0.29) is 29.9 Å². The van der Waals surface area contributed by atoms with Crippen molar-refractivity contribution in [2.45, 2.75) is 70.6 Å². The molecule has 1 unspecified atom stereocenters. The molecule has 2 aliphatic heterocycles. The molecule has 2 aliphatic rings. The topological polar surface area (TPSA) is 126 Å². The second-order valence-corrected chi connectivity index (χ2v) is 14.8. The molecule has 52 heavy (non-hydrogen) atoms. The van der Waals surface area contributed by atoms with Crippen LogP contribution in [-0.2, 0) is 31.0 Å². The van der Waals surface area contributed by atoms with Crippen LogP contribution in [0.5, 0.6) is 17.2 Å². The number of ether oxygens (including phenoxy) is 5. The van der Waals surface area contributed by atoms with E-state index in [0.717, 1.165) is 18.4 Å². The number of methoxy groups -OCH3 is 1. The summed E-state index contributed by atoms with van der Waals surface area (Å²) in [4.78, 5) is 44.9. The van der Waals surface area contributed by atoms with Crippen LogP contribution >= 0.6 is 11.3 Å². The van der Waals surface area contributed by atoms with Crippen LogP contribution in [0.3, 0.4) is 0 Å². The number of anilines is 1. The van der Waals surface area contributed by atoms with Gasteiger partial charge in [-0.25, -0.2) is 19.0 Å². The summed E-state index contributed by atoms with van der Waals surface area (Å²) in [6, 6.07) is 14.6. The van der Waals surface area contributed by atoms with Gasteiger partial charge in [-0.3, -0.25) is 9.69 Å². The Balaban J connectivity index is 1.36. The monoisotopic (exact) mass is 731 g/mol. The number of esters is 1. The average Bonchev–Trinajstić information content (AvgIpc) is 3.82. The average molecular weight is 732 g/mol. The molecule has 2 atom stereocenters. The lowest BCUT2D eigenvalue weighted by molar-refractivity contribution is -0.119. The largest absolute Gasteiger partial charge is 0.487 e. The lowest BCUT2D eigenvalue weighted by Gasteiger charge is -2.46. The summed E-state index contributed by atoms with van der Waals surface area (Å²) < 4.78 is 44.7. The highest BCUT2D eigenvalue weighted by molar-refractivity contribution is 7.13. The molecule has 1 saturated heterocycles. The lowest BCUT2D eigenvalue weighted by atomic mass is 9.79. The summed E-state index contributed by atoms with van der Waals surface area (Å²) >= 11 is 1.29. The van der Waals surface area contributed by atoms with Gasteiger partial charge in [-0.2, -0.15) is 0 Å². The molecule has 2 amide bonds. The second kappa shape index (κ2) is 15.3. The van der Waals surface area contributed by atoms with Crippen molar-refractivity contribution in [3.8, 4) is 28.4 Å². The van der Waals surface area contributed by atoms with Crippen LogP contribution in [0.15, 0.2) is 66.2 Å². The van der Waals surface area contributed by atoms with Crippen LogP contribution < -0.4 is 14.8 Å². The van der Waals surface area contributed by atoms with Gasteiger partial charge >= 0.3 is 12.1 Å². The molecular weight excluding hydrogens is 690 g/mol. The minimum atomic E-state index is -1.17. The van der Waals surface area contributed by atoms with Crippen LogP contribution in [0.1, 0.15) is 68.4 Å². The van der Waals surface area contributed by atoms with Crippen molar-refractivity contribution in [1.29, 1.82) is 0 Å². The lowest BCUT2D eigenvalue weighted by Crippen LogP contribution is -2.54. The van der Waals surface area contributed by atoms with Crippen LogP contribution in [-0.4, -0.2) is 66.4 Å². The van der Waals surface area contributed by atoms with Gasteiger partial charge in [-0.05, 0) is 100 Å². The van der Waals surface area contributed by atoms with Crippen molar-refractivity contribution >= 4 is 34.4 Å². The molecule has 13 heteroatoms. The Hall–Kier alpha value is -5.01. The maximum absolute atomic E-state index is 15.7. The third kappa shape index (κ3) is 8.37. The summed E-state index contributed by atoms with van der Waals surface area (Å²) in [6.45, 7) is 8.46. The second-order valence-electron chi connectivity index (χ2n) is 13.9. The number of nitrogens with one attached hydrogen (secondary N) is 1. The molecule has 3 aromatic carbocycles. The van der Waals surface area contributed by atoms with Crippen molar-refractivity contribution in [2.24, 2.45) is 0 Å². The van der Waals surface area contributed by atoms with E-state index in [1.165, 1.54) is 24.5 Å². The smallest absolute Gasteiger partial charge is 0.411 e. The molecule has 1 aromatic heterocycles. The molecule has 0 aliphatic carbocycles. The molecule has 0 saturated carbocycles. The first-order valence-electron chi connectivity index (χ1n) is 17.1. The number of thiazole rings is 1. The van der Waals surface area contributed by atoms with Crippen molar-refractivity contribution in [3.05, 3.63) is 88.7 Å². The molecule has 1 N–H and O–H groups in total. The highest BCUT2D eigenvalue weighted by Gasteiger charge is 2.45. The number of carbonyl (C=O) groups excluding carboxylic acids is 3. The maximum Gasteiger partial charge on any atom is 0.411 e. The SMILES string of the molecule is COC(=O)c1ccc(-c2ccc(Oc3cc4c(cc3OCC3CCCO3)CCN(C(=O)OC(C)(C)C)[C@]4(C)CC(=O)Nc3nccs3)cc2F)cc1. The van der Waals surface area contributed by atoms with Gasteiger partial charge in [-0.15, -0.1) is 11.3 Å². The molecule has 0 bridgehead atoms. The Kier molecular flexibility index (Phi) is 10.8. The maximum atomic E-state index is 15.7. The normalized spacial score (nSPS) is 18.3. The highest BCUT2D eigenvalue weighted by atomic mass is 32.1. The van der Waals surface area contributed by atoms with Gasteiger partial charge in [0.1, 0.15) is 23.8 Å². The first-order chi connectivity index (χ1) is 24.8. The minimum Gasteiger partial charge on any atom is -0.487 e. The first-order valence-corrected chi connectivity index (χ1v) is 18.0. The van der Waals surface area contributed by atoms with E-state index in [4.69, 9.17) is 23.7 Å². The predicted molar refractivity (Wildman–Crippen MR) is 194 cm³/mol. The van der Waals surface area contributed by atoms with E-state index < -0.39 is 29.0 Å². The van der Waals surface area contributed by atoms with E-state index in [9.17, 15) is 14.4 Å². The van der Waals surface area contributed by atoms with E-state index >= 15 is 4.39 Å². The Bertz CT molecular complexity index is 1920. The Morgan fingerprint density at radius 1 is 1.10 bits per heavy atom. The van der Waals surface area contributed by atoms with Gasteiger partial charge in [0.15, 0.2) is 16.6 Å². The summed E-state index contributed by atoms with van der Waals surface area (Å²) in [5.74, 6) is -0.442. The Labute approximate surface area is 306 Å². The van der Waals surface area contributed by atoms with E-state index in [0.29, 0.717) is 59.3 Å². The quantitative estimate of drug-likeness (QED) is 0.161. The van der Waals surface area contributed by atoms with Gasteiger partial charge in [0.25, 0.3) is 0 Å². The van der Waals surface area contributed by atoms with E-state index in [1.807, 2.05) is 13.0 Å². The highest BCUT2D eigenvalue weighted by Crippen LogP contribution is 2.45. The number of amides is 2. The summed E-state index contributed by atoms with van der Waals surface area (Å²) in [5.41, 5.74) is 0.837. The fraction of sp³-hybridized carbons (Fsp3) is 0.385. The third-order valence-corrected chi connectivity index (χ3v) is 9.67. The summed E-state index contributed by atoms with van der Waals surface area (Å²) in [6.07, 6.45) is 3.14. The molecule has 6 rings (SSSR count). The minimum absolute atomic E-state index is 0.0753. The van der Waals surface area contributed by atoms with Crippen LogP contribution in [0.25, 0.3) is 11.1 Å². The number of rotatable bonds is 10. The number of halogens is 1. The number of nitrogens with zero attached hydrogens (tertiary/aromatic N) is 2. The van der Waals surface area contributed by atoms with Crippen LogP contribution in [0.2, 0.25) is 0 Å². The molecule has 11 nitrogen and oxygen atoms in total. The van der Waals surface area contributed by atoms with Crippen molar-refractivity contribution < 1.29 is 42.5 Å². The standard InChI is InChI=1S/C39H42FN3O8S/c1-38(2,3)51-37(46)43-16-14-26-19-32(49-23-28-7-6-17-48-28)33(21-30(26)39(43,4)22-34(44)42-36-41-15-18-52-36)50-27-12-13-29(31(40)20-27)24-8-10-25(11-9-24)35(45)47-5/h8-13,15,18-21,28H,6-7,14,16-17,22-23H2,1-5H3,(H,41,42,44)/t28?,39-/m1/s1. The van der Waals surface area contributed by atoms with E-state index in [1.54, 1.807) is 79.7 Å². The number of carbonyl (C=O) groups is 3. The van der Waals surface area contributed by atoms with Crippen molar-refractivity contribution in [3.63, 3.8) is 0 Å². The number of aromatic nitrogens is 1. The van der Waals surface area contributed by atoms with Crippen molar-refractivity contribution in [1.82, 2.24) is 9.88 Å². The molecule has 3 heterocycles. The van der Waals surface area contributed by atoms with E-state index in [2.05, 4.69) is 10.3 Å². The third-order valence-electron chi connectivity index (χ3n) is 8.98. The zero-order valence-corrected chi connectivity index (χ0v) is 30.6. The van der Waals surface area contributed by atoms with Gasteiger partial charge in [0, 0.05) is 36.4 Å². The van der Waals surface area contributed by atoms with Crippen LogP contribution in [0, 0.1) is 5.82 Å². The number of hydrogen-bond acceptors (Lipinski definition) is 10. The van der Waals surface area contributed by atoms with Gasteiger partial charge in [0.05, 0.1) is 30.7 Å². The number of benzene rings is 3. The Morgan fingerprint density at radius 2 is 1.88 bits per heavy atom. The van der Waals surface area contributed by atoms with Gasteiger partial charge < -0.3 is 29.0 Å². The molecule has 1 fully saturated rings. The number of fused-ring (bicyclic) bond motifs is 1. The first kappa shape index (κ1) is 36.8. The summed E-state index contributed by atoms with van der Waals surface area (Å²) in [7, 11) is 1.30. The predicted octanol–water partition coefficient (Wildman–Crippen LogP) is 8.12. The van der Waals surface area contributed by atoms with Crippen LogP contribution in [0.4, 0.5) is 14.3 Å². The zero-order valence-electron chi connectivity index (χ0n) is 29.8. The summed E-state index contributed by atoms with van der Waals surface area (Å²) in [5, 5.41) is 5.05. The fourth-order valence-electron chi connectivity index (χ4n) is 6.47. The number of hydrogen-bond donors (Lipinski definition) is 1. The molecule has 0 radical (unpaired) electrons. The molecule has 0 spiro atoms. The van der Waals surface area contributed by atoms with Gasteiger partial charge in [-0.1, -0.05) is 12.1 Å². The Morgan fingerprint density at radius 3 is 2.54 bits per heavy atom.